The Morgan fingerprint density at radius 1 is 1.12 bits per heavy atom. The predicted octanol–water partition coefficient (Wildman–Crippen LogP) is 0.857. The Labute approximate surface area is 232 Å². The molecular weight excluding hydrogens is 520 g/mol. The van der Waals surface area contributed by atoms with Crippen LogP contribution in [0.25, 0.3) is 0 Å². The Hall–Kier alpha value is -3.93. The third kappa shape index (κ3) is 5.67. The number of amides is 2. The molecule has 2 amide bonds. The van der Waals surface area contributed by atoms with E-state index in [-0.39, 0.29) is 43.5 Å². The topological polar surface area (TPSA) is 144 Å². The first-order valence-corrected chi connectivity index (χ1v) is 12.9. The molecule has 0 saturated heterocycles. The van der Waals surface area contributed by atoms with E-state index in [1.807, 2.05) is 24.3 Å². The Morgan fingerprint density at radius 3 is 2.55 bits per heavy atom. The largest absolute Gasteiger partial charge is 0.496 e. The number of nitrogens with one attached hydrogen (secondary N) is 1. The van der Waals surface area contributed by atoms with Crippen LogP contribution in [0.2, 0.25) is 0 Å². The number of para-hydroxylation sites is 1. The zero-order chi connectivity index (χ0) is 28.8. The summed E-state index contributed by atoms with van der Waals surface area (Å²) in [5.74, 6) is -0.358. The summed E-state index contributed by atoms with van der Waals surface area (Å²) >= 11 is 0. The van der Waals surface area contributed by atoms with Crippen LogP contribution in [0.4, 0.5) is 0 Å². The number of hydrogen-bond donors (Lipinski definition) is 3. The third-order valence-electron chi connectivity index (χ3n) is 7.17. The van der Waals surface area contributed by atoms with Crippen LogP contribution < -0.4 is 19.5 Å². The van der Waals surface area contributed by atoms with E-state index in [1.165, 1.54) is 25.2 Å². The highest BCUT2D eigenvalue weighted by Crippen LogP contribution is 2.51. The maximum absolute atomic E-state index is 13.4. The van der Waals surface area contributed by atoms with Crippen molar-refractivity contribution in [3.63, 3.8) is 0 Å². The highest BCUT2D eigenvalue weighted by atomic mass is 16.5. The van der Waals surface area contributed by atoms with Gasteiger partial charge >= 0.3 is 0 Å². The molecule has 40 heavy (non-hydrogen) atoms. The van der Waals surface area contributed by atoms with Crippen LogP contribution in [0.5, 0.6) is 17.2 Å². The normalized spacial score (nSPS) is 20.9. The fourth-order valence-electron chi connectivity index (χ4n) is 5.36. The summed E-state index contributed by atoms with van der Waals surface area (Å²) in [6.07, 6.45) is 0.437. The van der Waals surface area contributed by atoms with Crippen molar-refractivity contribution in [2.45, 2.75) is 30.6 Å². The second-order valence-electron chi connectivity index (χ2n) is 9.48. The zero-order valence-corrected chi connectivity index (χ0v) is 22.7. The lowest BCUT2D eigenvalue weighted by atomic mass is 9.77. The molecule has 1 heterocycles. The van der Waals surface area contributed by atoms with Crippen LogP contribution in [0, 0.1) is 0 Å². The molecule has 1 aliphatic heterocycles. The van der Waals surface area contributed by atoms with Crippen LogP contribution in [-0.4, -0.2) is 99.1 Å². The number of aliphatic hydroxyl groups is 2. The van der Waals surface area contributed by atoms with E-state index in [1.54, 1.807) is 19.3 Å². The third-order valence-corrected chi connectivity index (χ3v) is 7.17. The van der Waals surface area contributed by atoms with E-state index in [0.717, 1.165) is 5.56 Å². The van der Waals surface area contributed by atoms with E-state index >= 15 is 0 Å². The fourth-order valence-corrected chi connectivity index (χ4v) is 5.36. The van der Waals surface area contributed by atoms with Crippen molar-refractivity contribution in [2.75, 3.05) is 47.6 Å². The number of methoxy groups -OCH3 is 3. The molecule has 4 unspecified atom stereocenters. The van der Waals surface area contributed by atoms with Gasteiger partial charge in [-0.1, -0.05) is 18.2 Å². The average Bonchev–Trinajstić information content (AvgIpc) is 3.36. The van der Waals surface area contributed by atoms with Gasteiger partial charge in [-0.2, -0.15) is 0 Å². The minimum atomic E-state index is -1.24. The fraction of sp³-hybridized carbons (Fsp3) is 0.414. The highest BCUT2D eigenvalue weighted by Gasteiger charge is 2.51. The number of carbonyl (C=O) groups is 3. The van der Waals surface area contributed by atoms with Gasteiger partial charge in [-0.05, 0) is 36.3 Å². The number of benzene rings is 2. The molecule has 3 N–H and O–H groups in total. The van der Waals surface area contributed by atoms with Gasteiger partial charge in [0.15, 0.2) is 11.5 Å². The van der Waals surface area contributed by atoms with Crippen molar-refractivity contribution in [1.82, 2.24) is 10.2 Å². The number of aliphatic hydroxyl groups excluding tert-OH is 2. The first kappa shape index (κ1) is 29.1. The van der Waals surface area contributed by atoms with E-state index in [0.29, 0.717) is 35.3 Å². The molecule has 0 radical (unpaired) electrons. The predicted molar refractivity (Wildman–Crippen MR) is 144 cm³/mol. The lowest BCUT2D eigenvalue weighted by Gasteiger charge is -2.40. The lowest BCUT2D eigenvalue weighted by Crippen LogP contribution is -2.56. The average molecular weight is 555 g/mol. The lowest BCUT2D eigenvalue weighted by molar-refractivity contribution is -0.141. The van der Waals surface area contributed by atoms with Crippen molar-refractivity contribution in [2.24, 2.45) is 0 Å². The van der Waals surface area contributed by atoms with Crippen LogP contribution in [0.1, 0.15) is 27.4 Å². The maximum atomic E-state index is 13.4. The number of rotatable bonds is 12. The number of ether oxygens (including phenoxy) is 4. The van der Waals surface area contributed by atoms with Crippen LogP contribution in [0.3, 0.4) is 0 Å². The summed E-state index contributed by atoms with van der Waals surface area (Å²) in [6.45, 7) is -0.310. The SMILES string of the molecule is COCC(=O)N(CCc1ccccc1OC)C1C=C(C(=O)NCCO)C2c3cc(C=O)cc(OC)c3OC2C1O. The number of carbonyl (C=O) groups excluding carboxylic acids is 3. The number of nitrogens with zero attached hydrogens (tertiary/aromatic N) is 1. The molecule has 0 spiro atoms. The molecule has 0 saturated carbocycles. The Balaban J connectivity index is 1.77. The van der Waals surface area contributed by atoms with Crippen molar-refractivity contribution < 1.29 is 43.5 Å². The molecule has 0 aromatic heterocycles. The van der Waals surface area contributed by atoms with Gasteiger partial charge in [0, 0.05) is 36.9 Å². The molecule has 11 heteroatoms. The maximum Gasteiger partial charge on any atom is 0.249 e. The molecule has 2 aromatic rings. The number of aldehydes is 1. The van der Waals surface area contributed by atoms with Crippen molar-refractivity contribution >= 4 is 18.1 Å². The van der Waals surface area contributed by atoms with Gasteiger partial charge in [-0.3, -0.25) is 14.4 Å². The van der Waals surface area contributed by atoms with Crippen LogP contribution >= 0.6 is 0 Å². The first-order chi connectivity index (χ1) is 19.4. The smallest absolute Gasteiger partial charge is 0.249 e. The second kappa shape index (κ2) is 12.9. The van der Waals surface area contributed by atoms with E-state index < -0.39 is 30.1 Å². The quantitative estimate of drug-likeness (QED) is 0.326. The molecule has 1 aliphatic carbocycles. The molecular formula is C29H34N2O9. The van der Waals surface area contributed by atoms with Crippen LogP contribution in [-0.2, 0) is 20.7 Å². The van der Waals surface area contributed by atoms with E-state index in [4.69, 9.17) is 18.9 Å². The molecule has 11 nitrogen and oxygen atoms in total. The number of fused-ring (bicyclic) bond motifs is 3. The van der Waals surface area contributed by atoms with Gasteiger partial charge in [0.05, 0.1) is 32.8 Å². The standard InChI is InChI=1S/C29H34N2O9/c1-37-16-24(34)31(10-8-18-6-4-5-7-22(18)38-2)21-14-20(29(36)30-9-11-32)25-19-12-17(15-33)13-23(39-3)27(19)40-28(25)26(21)35/h4-7,12-15,21,25-26,28,32,35H,8-11,16H2,1-3H3,(H,30,36). The van der Waals surface area contributed by atoms with Gasteiger partial charge < -0.3 is 39.4 Å². The summed E-state index contributed by atoms with van der Waals surface area (Å²) in [4.78, 5) is 39.8. The molecule has 4 rings (SSSR count). The Morgan fingerprint density at radius 2 is 1.88 bits per heavy atom. The van der Waals surface area contributed by atoms with Gasteiger partial charge in [0.25, 0.3) is 0 Å². The van der Waals surface area contributed by atoms with E-state index in [2.05, 4.69) is 5.32 Å². The van der Waals surface area contributed by atoms with Crippen molar-refractivity contribution in [3.8, 4) is 17.2 Å². The van der Waals surface area contributed by atoms with E-state index in [9.17, 15) is 24.6 Å². The van der Waals surface area contributed by atoms with Crippen molar-refractivity contribution in [1.29, 1.82) is 0 Å². The summed E-state index contributed by atoms with van der Waals surface area (Å²) in [5, 5.41) is 23.6. The highest BCUT2D eigenvalue weighted by molar-refractivity contribution is 5.96. The molecule has 2 aromatic carbocycles. The van der Waals surface area contributed by atoms with Gasteiger partial charge in [-0.15, -0.1) is 0 Å². The summed E-state index contributed by atoms with van der Waals surface area (Å²) in [6, 6.07) is 9.61. The summed E-state index contributed by atoms with van der Waals surface area (Å²) < 4.78 is 22.2. The molecule has 4 atom stereocenters. The van der Waals surface area contributed by atoms with Gasteiger partial charge in [0.2, 0.25) is 11.8 Å². The minimum Gasteiger partial charge on any atom is -0.496 e. The number of hydrogen-bond acceptors (Lipinski definition) is 9. The van der Waals surface area contributed by atoms with Gasteiger partial charge in [0.1, 0.15) is 30.9 Å². The first-order valence-electron chi connectivity index (χ1n) is 12.9. The van der Waals surface area contributed by atoms with Crippen LogP contribution in [0.15, 0.2) is 48.0 Å². The Kier molecular flexibility index (Phi) is 9.41. The van der Waals surface area contributed by atoms with Gasteiger partial charge in [-0.25, -0.2) is 0 Å². The summed E-state index contributed by atoms with van der Waals surface area (Å²) in [7, 11) is 4.40. The molecule has 0 bridgehead atoms. The monoisotopic (exact) mass is 554 g/mol. The molecule has 0 fully saturated rings. The Bertz CT molecular complexity index is 1280. The zero-order valence-electron chi connectivity index (χ0n) is 22.7. The minimum absolute atomic E-state index is 0.00626. The summed E-state index contributed by atoms with van der Waals surface area (Å²) in [5.41, 5.74) is 1.94. The molecule has 214 valence electrons. The second-order valence-corrected chi connectivity index (χ2v) is 9.48. The van der Waals surface area contributed by atoms with Crippen molar-refractivity contribution in [3.05, 3.63) is 64.7 Å². The molecule has 2 aliphatic rings.